The van der Waals surface area contributed by atoms with Gasteiger partial charge < -0.3 is 14.5 Å². The maximum absolute atomic E-state index is 13.5. The minimum absolute atomic E-state index is 0.0217. The summed E-state index contributed by atoms with van der Waals surface area (Å²) in [6.45, 7) is 5.54. The van der Waals surface area contributed by atoms with E-state index in [1.54, 1.807) is 12.1 Å². The van der Waals surface area contributed by atoms with E-state index < -0.39 is 0 Å². The Labute approximate surface area is 148 Å². The number of likely N-dealkylation sites (tertiary alicyclic amines) is 2. The molecule has 3 heterocycles. The van der Waals surface area contributed by atoms with Gasteiger partial charge in [-0.1, -0.05) is 12.1 Å². The zero-order valence-corrected chi connectivity index (χ0v) is 14.8. The normalized spacial score (nSPS) is 26.7. The SMILES string of the molecule is O=C1CCC2(CCN(CC3CCOC3)CC2)N1Cc1cccc(F)c1. The van der Waals surface area contributed by atoms with E-state index in [1.807, 2.05) is 11.0 Å². The molecular formula is C20H27FN2O2. The summed E-state index contributed by atoms with van der Waals surface area (Å²) >= 11 is 0. The summed E-state index contributed by atoms with van der Waals surface area (Å²) < 4.78 is 19.0. The molecule has 1 spiro atoms. The van der Waals surface area contributed by atoms with E-state index in [-0.39, 0.29) is 17.3 Å². The van der Waals surface area contributed by atoms with E-state index in [0.29, 0.717) is 18.9 Å². The zero-order valence-electron chi connectivity index (χ0n) is 14.8. The lowest BCUT2D eigenvalue weighted by molar-refractivity contribution is -0.133. The van der Waals surface area contributed by atoms with Gasteiger partial charge in [0.2, 0.25) is 5.91 Å². The third-order valence-electron chi connectivity index (χ3n) is 6.23. The number of hydrogen-bond acceptors (Lipinski definition) is 3. The van der Waals surface area contributed by atoms with Crippen LogP contribution < -0.4 is 0 Å². The van der Waals surface area contributed by atoms with Gasteiger partial charge in [-0.3, -0.25) is 4.79 Å². The largest absolute Gasteiger partial charge is 0.381 e. The Kier molecular flexibility index (Phi) is 4.78. The van der Waals surface area contributed by atoms with Crippen LogP contribution in [-0.4, -0.2) is 54.1 Å². The summed E-state index contributed by atoms with van der Waals surface area (Å²) in [5.41, 5.74) is 0.867. The fourth-order valence-electron chi connectivity index (χ4n) is 4.71. The molecule has 1 amide bonds. The fraction of sp³-hybridized carbons (Fsp3) is 0.650. The van der Waals surface area contributed by atoms with Gasteiger partial charge in [-0.05, 0) is 49.3 Å². The maximum atomic E-state index is 13.5. The second-order valence-electron chi connectivity index (χ2n) is 7.86. The first-order valence-electron chi connectivity index (χ1n) is 9.50. The molecule has 25 heavy (non-hydrogen) atoms. The molecule has 1 atom stereocenters. The van der Waals surface area contributed by atoms with Crippen molar-refractivity contribution < 1.29 is 13.9 Å². The van der Waals surface area contributed by atoms with Gasteiger partial charge in [0.25, 0.3) is 0 Å². The van der Waals surface area contributed by atoms with E-state index in [4.69, 9.17) is 4.74 Å². The molecule has 0 radical (unpaired) electrons. The molecule has 3 aliphatic heterocycles. The number of carbonyl (C=O) groups is 1. The Morgan fingerprint density at radius 1 is 1.24 bits per heavy atom. The first-order valence-corrected chi connectivity index (χ1v) is 9.50. The smallest absolute Gasteiger partial charge is 0.223 e. The molecule has 0 bridgehead atoms. The highest BCUT2D eigenvalue weighted by Gasteiger charge is 2.46. The van der Waals surface area contributed by atoms with Gasteiger partial charge in [0.05, 0.1) is 6.61 Å². The van der Waals surface area contributed by atoms with Gasteiger partial charge >= 0.3 is 0 Å². The minimum Gasteiger partial charge on any atom is -0.381 e. The summed E-state index contributed by atoms with van der Waals surface area (Å²) in [4.78, 5) is 17.1. The minimum atomic E-state index is -0.230. The van der Waals surface area contributed by atoms with Crippen molar-refractivity contribution in [1.82, 2.24) is 9.80 Å². The van der Waals surface area contributed by atoms with Crippen molar-refractivity contribution in [2.45, 2.75) is 44.2 Å². The van der Waals surface area contributed by atoms with Crippen LogP contribution >= 0.6 is 0 Å². The van der Waals surface area contributed by atoms with Crippen LogP contribution in [0, 0.1) is 11.7 Å². The Hall–Kier alpha value is -1.46. The molecule has 136 valence electrons. The second-order valence-corrected chi connectivity index (χ2v) is 7.86. The topological polar surface area (TPSA) is 32.8 Å². The van der Waals surface area contributed by atoms with Gasteiger partial charge in [0, 0.05) is 44.7 Å². The van der Waals surface area contributed by atoms with Gasteiger partial charge in [-0.25, -0.2) is 4.39 Å². The number of rotatable bonds is 4. The Balaban J connectivity index is 1.41. The van der Waals surface area contributed by atoms with Crippen molar-refractivity contribution >= 4 is 5.91 Å². The second kappa shape index (κ2) is 7.04. The average Bonchev–Trinajstić information content (AvgIpc) is 3.21. The molecule has 4 nitrogen and oxygen atoms in total. The Morgan fingerprint density at radius 2 is 2.08 bits per heavy atom. The molecule has 1 unspecified atom stereocenters. The number of ether oxygens (including phenoxy) is 1. The molecule has 0 N–H and O–H groups in total. The van der Waals surface area contributed by atoms with Crippen LogP contribution in [0.3, 0.4) is 0 Å². The van der Waals surface area contributed by atoms with Crippen molar-refractivity contribution in [1.29, 1.82) is 0 Å². The lowest BCUT2D eigenvalue weighted by atomic mass is 9.84. The number of amides is 1. The number of carbonyl (C=O) groups excluding carboxylic acids is 1. The summed E-state index contributed by atoms with van der Waals surface area (Å²) in [5, 5.41) is 0. The summed E-state index contributed by atoms with van der Waals surface area (Å²) in [6.07, 6.45) is 4.81. The predicted octanol–water partition coefficient (Wildman–Crippen LogP) is 2.82. The van der Waals surface area contributed by atoms with Crippen molar-refractivity contribution in [3.63, 3.8) is 0 Å². The van der Waals surface area contributed by atoms with Crippen LogP contribution in [0.25, 0.3) is 0 Å². The zero-order chi connectivity index (χ0) is 17.3. The number of nitrogens with zero attached hydrogens (tertiary/aromatic N) is 2. The van der Waals surface area contributed by atoms with Gasteiger partial charge in [-0.2, -0.15) is 0 Å². The quantitative estimate of drug-likeness (QED) is 0.840. The molecule has 5 heteroatoms. The van der Waals surface area contributed by atoms with Crippen LogP contribution in [0.1, 0.15) is 37.7 Å². The van der Waals surface area contributed by atoms with E-state index in [9.17, 15) is 9.18 Å². The molecular weight excluding hydrogens is 319 g/mol. The average molecular weight is 346 g/mol. The van der Waals surface area contributed by atoms with Gasteiger partial charge in [-0.15, -0.1) is 0 Å². The van der Waals surface area contributed by atoms with Crippen LogP contribution in [0.5, 0.6) is 0 Å². The maximum Gasteiger partial charge on any atom is 0.223 e. The molecule has 4 rings (SSSR count). The van der Waals surface area contributed by atoms with E-state index in [0.717, 1.165) is 57.7 Å². The fourth-order valence-corrected chi connectivity index (χ4v) is 4.71. The summed E-state index contributed by atoms with van der Waals surface area (Å²) in [6, 6.07) is 6.65. The molecule has 3 aliphatic rings. The number of piperidine rings is 1. The number of benzene rings is 1. The third-order valence-corrected chi connectivity index (χ3v) is 6.23. The predicted molar refractivity (Wildman–Crippen MR) is 93.5 cm³/mol. The highest BCUT2D eigenvalue weighted by atomic mass is 19.1. The first kappa shape index (κ1) is 17.0. The molecule has 1 aromatic carbocycles. The lowest BCUT2D eigenvalue weighted by Gasteiger charge is -2.45. The van der Waals surface area contributed by atoms with Gasteiger partial charge in [0.15, 0.2) is 0 Å². The van der Waals surface area contributed by atoms with Crippen molar-refractivity contribution in [3.05, 3.63) is 35.6 Å². The van der Waals surface area contributed by atoms with E-state index in [2.05, 4.69) is 4.90 Å². The van der Waals surface area contributed by atoms with Crippen molar-refractivity contribution in [2.24, 2.45) is 5.92 Å². The highest BCUT2D eigenvalue weighted by molar-refractivity contribution is 5.79. The Bertz CT molecular complexity index is 622. The lowest BCUT2D eigenvalue weighted by Crippen LogP contribution is -2.53. The molecule has 0 aliphatic carbocycles. The molecule has 1 aromatic rings. The summed E-state index contributed by atoms with van der Waals surface area (Å²) in [5.74, 6) is 0.663. The molecule has 0 saturated carbocycles. The van der Waals surface area contributed by atoms with E-state index >= 15 is 0 Å². The van der Waals surface area contributed by atoms with Crippen LogP contribution in [0.2, 0.25) is 0 Å². The number of hydrogen-bond donors (Lipinski definition) is 0. The van der Waals surface area contributed by atoms with Crippen molar-refractivity contribution in [2.75, 3.05) is 32.8 Å². The van der Waals surface area contributed by atoms with Crippen LogP contribution in [-0.2, 0) is 16.1 Å². The standard InChI is InChI=1S/C20H27FN2O2/c21-18-3-1-2-16(12-18)14-23-19(24)4-6-20(23)7-9-22(10-8-20)13-17-5-11-25-15-17/h1-3,12,17H,4-11,13-15H2. The van der Waals surface area contributed by atoms with E-state index in [1.165, 1.54) is 12.5 Å². The van der Waals surface area contributed by atoms with Crippen molar-refractivity contribution in [3.8, 4) is 0 Å². The highest BCUT2D eigenvalue weighted by Crippen LogP contribution is 2.40. The third kappa shape index (κ3) is 3.58. The molecule has 3 saturated heterocycles. The monoisotopic (exact) mass is 346 g/mol. The van der Waals surface area contributed by atoms with Crippen LogP contribution in [0.4, 0.5) is 4.39 Å². The van der Waals surface area contributed by atoms with Gasteiger partial charge in [0.1, 0.15) is 5.82 Å². The molecule has 0 aromatic heterocycles. The van der Waals surface area contributed by atoms with Crippen LogP contribution in [0.15, 0.2) is 24.3 Å². The Morgan fingerprint density at radius 3 is 2.80 bits per heavy atom. The first-order chi connectivity index (χ1) is 12.1. The molecule has 3 fully saturated rings. The number of halogens is 1. The summed E-state index contributed by atoms with van der Waals surface area (Å²) in [7, 11) is 0.